The molecule has 0 aromatic rings. The van der Waals surface area contributed by atoms with E-state index in [0.717, 1.165) is 17.9 Å². The summed E-state index contributed by atoms with van der Waals surface area (Å²) >= 11 is 0. The molecule has 2 rings (SSSR count). The van der Waals surface area contributed by atoms with E-state index in [1.165, 1.54) is 49.8 Å². The van der Waals surface area contributed by atoms with Gasteiger partial charge in [-0.25, -0.2) is 0 Å². The Morgan fingerprint density at radius 1 is 0.857 bits per heavy atom. The van der Waals surface area contributed by atoms with Gasteiger partial charge in [0.05, 0.1) is 25.7 Å². The summed E-state index contributed by atoms with van der Waals surface area (Å²) in [6.07, 6.45) is 5.88. The summed E-state index contributed by atoms with van der Waals surface area (Å²) in [4.78, 5) is 0. The van der Waals surface area contributed by atoms with Crippen molar-refractivity contribution in [1.29, 1.82) is 0 Å². The third-order valence-electron chi connectivity index (χ3n) is 5.11. The smallest absolute Gasteiger partial charge is 0.0864 e. The molecular weight excluding hydrogens is 170 g/mol. The van der Waals surface area contributed by atoms with E-state index in [-0.39, 0.29) is 0 Å². The third-order valence-corrected chi connectivity index (χ3v) is 5.11. The van der Waals surface area contributed by atoms with Crippen LogP contribution in [0.2, 0.25) is 0 Å². The van der Waals surface area contributed by atoms with Gasteiger partial charge < -0.3 is 4.48 Å². The largest absolute Gasteiger partial charge is 0.321 e. The molecule has 0 aromatic heterocycles. The molecule has 0 aromatic carbocycles. The van der Waals surface area contributed by atoms with Crippen molar-refractivity contribution in [2.24, 2.45) is 11.8 Å². The molecule has 1 nitrogen and oxygen atoms in total. The predicted molar refractivity (Wildman–Crippen MR) is 61.1 cm³/mol. The van der Waals surface area contributed by atoms with Crippen LogP contribution in [0.5, 0.6) is 0 Å². The van der Waals surface area contributed by atoms with E-state index in [0.29, 0.717) is 0 Å². The van der Waals surface area contributed by atoms with Gasteiger partial charge in [-0.15, -0.1) is 0 Å². The highest BCUT2D eigenvalue weighted by atomic mass is 15.4. The van der Waals surface area contributed by atoms with Crippen molar-refractivity contribution < 1.29 is 4.48 Å². The molecule has 3 atom stereocenters. The summed E-state index contributed by atoms with van der Waals surface area (Å²) in [7, 11) is 0. The molecule has 3 unspecified atom stereocenters. The Labute approximate surface area is 89.1 Å². The molecule has 0 radical (unpaired) electrons. The summed E-state index contributed by atoms with van der Waals surface area (Å²) in [6, 6.07) is 0.928. The molecule has 0 aliphatic carbocycles. The van der Waals surface area contributed by atoms with Gasteiger partial charge in [-0.05, 0) is 25.2 Å². The average molecular weight is 196 g/mol. The van der Waals surface area contributed by atoms with Gasteiger partial charge in [-0.3, -0.25) is 0 Å². The predicted octanol–water partition coefficient (Wildman–Crippen LogP) is 3.05. The molecule has 2 aliphatic heterocycles. The van der Waals surface area contributed by atoms with Crippen LogP contribution < -0.4 is 0 Å². The fraction of sp³-hybridized carbons (Fsp3) is 1.00. The van der Waals surface area contributed by atoms with Gasteiger partial charge in [0.15, 0.2) is 0 Å². The molecule has 2 fully saturated rings. The zero-order chi connectivity index (χ0) is 10.2. The van der Waals surface area contributed by atoms with Crippen LogP contribution in [0.1, 0.15) is 46.5 Å². The first-order valence-corrected chi connectivity index (χ1v) is 6.50. The van der Waals surface area contributed by atoms with Crippen LogP contribution in [0, 0.1) is 11.8 Å². The highest BCUT2D eigenvalue weighted by Crippen LogP contribution is 2.35. The first-order chi connectivity index (χ1) is 6.64. The van der Waals surface area contributed by atoms with E-state index in [4.69, 9.17) is 0 Å². The van der Waals surface area contributed by atoms with Gasteiger partial charge in [-0.1, -0.05) is 13.8 Å². The lowest BCUT2D eigenvalue weighted by Gasteiger charge is -2.39. The lowest BCUT2D eigenvalue weighted by Crippen LogP contribution is -2.51. The number of hydrogen-bond donors (Lipinski definition) is 0. The molecule has 2 aliphatic rings. The van der Waals surface area contributed by atoms with Gasteiger partial charge in [0.2, 0.25) is 0 Å². The van der Waals surface area contributed by atoms with E-state index >= 15 is 0 Å². The highest BCUT2D eigenvalue weighted by molar-refractivity contribution is 4.73. The Balaban J connectivity index is 2.11. The van der Waals surface area contributed by atoms with Crippen LogP contribution >= 0.6 is 0 Å². The molecule has 0 amide bonds. The monoisotopic (exact) mass is 196 g/mol. The van der Waals surface area contributed by atoms with Crippen molar-refractivity contribution in [3.63, 3.8) is 0 Å². The quantitative estimate of drug-likeness (QED) is 0.522. The first kappa shape index (κ1) is 10.5. The minimum absolute atomic E-state index is 0.928. The normalized spacial score (nSPS) is 42.6. The van der Waals surface area contributed by atoms with Crippen LogP contribution in [0.15, 0.2) is 0 Å². The van der Waals surface area contributed by atoms with Crippen molar-refractivity contribution in [2.45, 2.75) is 52.5 Å². The molecule has 0 N–H and O–H groups in total. The van der Waals surface area contributed by atoms with Crippen molar-refractivity contribution >= 4 is 0 Å². The number of nitrogens with zero attached hydrogens (tertiary/aromatic N) is 1. The topological polar surface area (TPSA) is 0 Å². The summed E-state index contributed by atoms with van der Waals surface area (Å²) in [5, 5.41) is 0. The van der Waals surface area contributed by atoms with Crippen molar-refractivity contribution in [3.8, 4) is 0 Å². The van der Waals surface area contributed by atoms with Crippen LogP contribution in [-0.2, 0) is 0 Å². The van der Waals surface area contributed by atoms with Gasteiger partial charge in [0.25, 0.3) is 0 Å². The molecule has 2 saturated heterocycles. The summed E-state index contributed by atoms with van der Waals surface area (Å²) in [5.41, 5.74) is 0. The Bertz CT molecular complexity index is 193. The van der Waals surface area contributed by atoms with E-state index in [9.17, 15) is 0 Å². The molecule has 0 bridgehead atoms. The molecule has 1 heteroatoms. The van der Waals surface area contributed by atoms with Gasteiger partial charge >= 0.3 is 0 Å². The van der Waals surface area contributed by atoms with Crippen molar-refractivity contribution in [2.75, 3.05) is 19.6 Å². The molecule has 1 spiro atoms. The number of rotatable bonds is 0. The van der Waals surface area contributed by atoms with Crippen molar-refractivity contribution in [1.82, 2.24) is 0 Å². The number of hydrogen-bond acceptors (Lipinski definition) is 0. The van der Waals surface area contributed by atoms with E-state index in [1.54, 1.807) is 0 Å². The second-order valence-electron chi connectivity index (χ2n) is 5.92. The summed E-state index contributed by atoms with van der Waals surface area (Å²) in [5.74, 6) is 1.90. The Kier molecular flexibility index (Phi) is 2.88. The maximum absolute atomic E-state index is 2.50. The fourth-order valence-corrected chi connectivity index (χ4v) is 3.59. The van der Waals surface area contributed by atoms with E-state index in [2.05, 4.69) is 20.8 Å². The van der Waals surface area contributed by atoms with Gasteiger partial charge in [0.1, 0.15) is 0 Å². The zero-order valence-corrected chi connectivity index (χ0v) is 10.1. The van der Waals surface area contributed by atoms with E-state index < -0.39 is 0 Å². The van der Waals surface area contributed by atoms with Crippen molar-refractivity contribution in [3.05, 3.63) is 0 Å². The molecule has 2 heterocycles. The van der Waals surface area contributed by atoms with Gasteiger partial charge in [-0.2, -0.15) is 0 Å². The van der Waals surface area contributed by atoms with E-state index in [1.807, 2.05) is 0 Å². The molecule has 0 saturated carbocycles. The Morgan fingerprint density at radius 3 is 2.14 bits per heavy atom. The maximum atomic E-state index is 2.50. The van der Waals surface area contributed by atoms with Crippen LogP contribution in [0.25, 0.3) is 0 Å². The minimum Gasteiger partial charge on any atom is -0.321 e. The standard InChI is InChI=1S/C13H26N/c1-11-6-9-14(7-4-5-8-14)13(3)10-12(11)2/h11-13H,4-10H2,1-3H3/q+1. The lowest BCUT2D eigenvalue weighted by atomic mass is 9.90. The third kappa shape index (κ3) is 1.71. The Hall–Kier alpha value is -0.0400. The minimum atomic E-state index is 0.928. The van der Waals surface area contributed by atoms with Crippen LogP contribution in [-0.4, -0.2) is 30.2 Å². The lowest BCUT2D eigenvalue weighted by molar-refractivity contribution is -0.938. The highest BCUT2D eigenvalue weighted by Gasteiger charge is 2.40. The molecular formula is C13H26N+. The second-order valence-corrected chi connectivity index (χ2v) is 5.92. The SMILES string of the molecule is CC1CC[N+]2(CCCC2)C(C)CC1C. The zero-order valence-electron chi connectivity index (χ0n) is 10.1. The summed E-state index contributed by atoms with van der Waals surface area (Å²) < 4.78 is 1.47. The molecule has 14 heavy (non-hydrogen) atoms. The van der Waals surface area contributed by atoms with Crippen LogP contribution in [0.4, 0.5) is 0 Å². The molecule has 82 valence electrons. The summed E-state index contributed by atoms with van der Waals surface area (Å²) in [6.45, 7) is 11.8. The van der Waals surface area contributed by atoms with Crippen LogP contribution in [0.3, 0.4) is 0 Å². The Morgan fingerprint density at radius 2 is 1.50 bits per heavy atom. The number of quaternary nitrogens is 1. The second kappa shape index (κ2) is 3.84. The average Bonchev–Trinajstić information content (AvgIpc) is 2.59. The van der Waals surface area contributed by atoms with Gasteiger partial charge in [0, 0.05) is 19.3 Å². The fourth-order valence-electron chi connectivity index (χ4n) is 3.59. The maximum Gasteiger partial charge on any atom is 0.0864 e. The first-order valence-electron chi connectivity index (χ1n) is 6.50.